The molecule has 1 fully saturated rings. The Hall–Kier alpha value is -2.59. The molecule has 2 aliphatic rings. The predicted molar refractivity (Wildman–Crippen MR) is 92.0 cm³/mol. The minimum atomic E-state index is -0.300. The van der Waals surface area contributed by atoms with Crippen molar-refractivity contribution in [1.29, 1.82) is 0 Å². The summed E-state index contributed by atoms with van der Waals surface area (Å²) in [6.07, 6.45) is 2.46. The Morgan fingerprint density at radius 2 is 1.88 bits per heavy atom. The molecule has 0 spiro atoms. The van der Waals surface area contributed by atoms with Crippen LogP contribution in [0.3, 0.4) is 0 Å². The first-order valence-electron chi connectivity index (χ1n) is 8.31. The fourth-order valence-electron chi connectivity index (χ4n) is 3.40. The first-order chi connectivity index (χ1) is 11.8. The van der Waals surface area contributed by atoms with Crippen molar-refractivity contribution in [2.45, 2.75) is 25.4 Å². The van der Waals surface area contributed by atoms with Crippen molar-refractivity contribution in [1.82, 2.24) is 4.90 Å². The van der Waals surface area contributed by atoms with Crippen molar-refractivity contribution in [2.24, 2.45) is 0 Å². The minimum absolute atomic E-state index is 0.300. The molecule has 1 saturated carbocycles. The van der Waals surface area contributed by atoms with Gasteiger partial charge in [-0.05, 0) is 36.6 Å². The van der Waals surface area contributed by atoms with Gasteiger partial charge in [0.2, 0.25) is 0 Å². The van der Waals surface area contributed by atoms with Crippen LogP contribution in [0.15, 0.2) is 57.7 Å². The van der Waals surface area contributed by atoms with E-state index in [1.54, 1.807) is 0 Å². The van der Waals surface area contributed by atoms with Gasteiger partial charge in [-0.1, -0.05) is 30.3 Å². The second-order valence-corrected chi connectivity index (χ2v) is 6.53. The second-order valence-electron chi connectivity index (χ2n) is 6.53. The van der Waals surface area contributed by atoms with Crippen LogP contribution in [0.1, 0.15) is 18.4 Å². The van der Waals surface area contributed by atoms with Crippen molar-refractivity contribution in [3.8, 4) is 16.9 Å². The molecule has 1 aliphatic heterocycles. The monoisotopic (exact) mass is 319 g/mol. The Morgan fingerprint density at radius 1 is 1.04 bits per heavy atom. The molecule has 0 saturated heterocycles. The van der Waals surface area contributed by atoms with Crippen LogP contribution in [0.4, 0.5) is 0 Å². The van der Waals surface area contributed by atoms with Gasteiger partial charge in [0.15, 0.2) is 0 Å². The Kier molecular flexibility index (Phi) is 3.00. The van der Waals surface area contributed by atoms with E-state index in [2.05, 4.69) is 4.90 Å². The molecule has 1 aromatic heterocycles. The highest BCUT2D eigenvalue weighted by Crippen LogP contribution is 2.37. The van der Waals surface area contributed by atoms with Crippen molar-refractivity contribution in [2.75, 3.05) is 6.73 Å². The van der Waals surface area contributed by atoms with E-state index in [1.807, 2.05) is 48.5 Å². The summed E-state index contributed by atoms with van der Waals surface area (Å²) in [5.41, 5.74) is 2.82. The largest absolute Gasteiger partial charge is 0.478 e. The normalized spacial score (nSPS) is 17.5. The van der Waals surface area contributed by atoms with Gasteiger partial charge in [0, 0.05) is 18.0 Å². The van der Waals surface area contributed by atoms with Crippen molar-refractivity contribution >= 4 is 11.0 Å². The van der Waals surface area contributed by atoms with Gasteiger partial charge in [-0.25, -0.2) is 4.79 Å². The molecule has 0 atom stereocenters. The smallest absolute Gasteiger partial charge is 0.344 e. The standard InChI is InChI=1S/C20H17NO3/c22-20-16(13-4-2-1-3-5-13)10-14-6-9-18-17(19(14)24-20)11-21(12-23-18)15-7-8-15/h1-6,9-10,15H,7-8,11-12H2. The van der Waals surface area contributed by atoms with Gasteiger partial charge in [0.05, 0.1) is 11.1 Å². The summed E-state index contributed by atoms with van der Waals surface area (Å²) in [6, 6.07) is 16.1. The van der Waals surface area contributed by atoms with Crippen LogP contribution in [-0.2, 0) is 6.54 Å². The lowest BCUT2D eigenvalue weighted by Crippen LogP contribution is -2.33. The maximum absolute atomic E-state index is 12.5. The molecule has 2 heterocycles. The summed E-state index contributed by atoms with van der Waals surface area (Å²) >= 11 is 0. The van der Waals surface area contributed by atoms with E-state index in [0.717, 1.165) is 28.8 Å². The molecule has 24 heavy (non-hydrogen) atoms. The average Bonchev–Trinajstić information content (AvgIpc) is 3.47. The van der Waals surface area contributed by atoms with Crippen LogP contribution in [0, 0.1) is 0 Å². The molecular weight excluding hydrogens is 302 g/mol. The Morgan fingerprint density at radius 3 is 2.67 bits per heavy atom. The van der Waals surface area contributed by atoms with Crippen LogP contribution in [0.2, 0.25) is 0 Å². The fraction of sp³-hybridized carbons (Fsp3) is 0.250. The first-order valence-corrected chi connectivity index (χ1v) is 8.31. The van der Waals surface area contributed by atoms with E-state index in [0.29, 0.717) is 23.9 Å². The molecule has 4 heteroatoms. The number of rotatable bonds is 2. The maximum atomic E-state index is 12.5. The van der Waals surface area contributed by atoms with Crippen molar-refractivity contribution < 1.29 is 9.15 Å². The molecule has 1 aliphatic carbocycles. The number of benzene rings is 2. The van der Waals surface area contributed by atoms with Gasteiger partial charge in [0.1, 0.15) is 18.1 Å². The molecule has 0 radical (unpaired) electrons. The molecule has 3 aromatic rings. The van der Waals surface area contributed by atoms with Crippen LogP contribution >= 0.6 is 0 Å². The lowest BCUT2D eigenvalue weighted by atomic mass is 10.0. The minimum Gasteiger partial charge on any atom is -0.478 e. The Bertz CT molecular complexity index is 973. The van der Waals surface area contributed by atoms with Crippen LogP contribution in [-0.4, -0.2) is 17.7 Å². The number of fused-ring (bicyclic) bond motifs is 3. The zero-order valence-corrected chi connectivity index (χ0v) is 13.2. The number of hydrogen-bond donors (Lipinski definition) is 0. The maximum Gasteiger partial charge on any atom is 0.344 e. The van der Waals surface area contributed by atoms with Crippen molar-refractivity contribution in [3.05, 3.63) is 64.5 Å². The van der Waals surface area contributed by atoms with Crippen LogP contribution < -0.4 is 10.4 Å². The molecule has 0 bridgehead atoms. The summed E-state index contributed by atoms with van der Waals surface area (Å²) in [7, 11) is 0. The van der Waals surface area contributed by atoms with E-state index in [1.165, 1.54) is 12.8 Å². The molecule has 0 amide bonds. The van der Waals surface area contributed by atoms with Gasteiger partial charge >= 0.3 is 5.63 Å². The van der Waals surface area contributed by atoms with E-state index in [-0.39, 0.29) is 5.63 Å². The summed E-state index contributed by atoms with van der Waals surface area (Å²) < 4.78 is 11.6. The van der Waals surface area contributed by atoms with Crippen LogP contribution in [0.25, 0.3) is 22.1 Å². The number of nitrogens with zero attached hydrogens (tertiary/aromatic N) is 1. The van der Waals surface area contributed by atoms with Gasteiger partial charge in [0.25, 0.3) is 0 Å². The highest BCUT2D eigenvalue weighted by Gasteiger charge is 2.33. The highest BCUT2D eigenvalue weighted by molar-refractivity contribution is 5.86. The average molecular weight is 319 g/mol. The highest BCUT2D eigenvalue weighted by atomic mass is 16.5. The topological polar surface area (TPSA) is 42.7 Å². The molecular formula is C20H17NO3. The molecule has 120 valence electrons. The molecule has 5 rings (SSSR count). The van der Waals surface area contributed by atoms with E-state index >= 15 is 0 Å². The SMILES string of the molecule is O=c1oc2c3c(ccc2cc1-c1ccccc1)OCN(C1CC1)C3. The zero-order chi connectivity index (χ0) is 16.1. The van der Waals surface area contributed by atoms with Gasteiger partial charge < -0.3 is 9.15 Å². The fourth-order valence-corrected chi connectivity index (χ4v) is 3.40. The summed E-state index contributed by atoms with van der Waals surface area (Å²) in [5.74, 6) is 0.829. The Labute approximate surface area is 139 Å². The molecule has 4 nitrogen and oxygen atoms in total. The third kappa shape index (κ3) is 2.22. The number of ether oxygens (including phenoxy) is 1. The van der Waals surface area contributed by atoms with Gasteiger partial charge in [-0.15, -0.1) is 0 Å². The van der Waals surface area contributed by atoms with E-state index < -0.39 is 0 Å². The summed E-state index contributed by atoms with van der Waals surface area (Å²) in [6.45, 7) is 1.40. The van der Waals surface area contributed by atoms with E-state index in [4.69, 9.17) is 9.15 Å². The summed E-state index contributed by atoms with van der Waals surface area (Å²) in [5, 5.41) is 0.938. The third-order valence-corrected chi connectivity index (χ3v) is 4.86. The zero-order valence-electron chi connectivity index (χ0n) is 13.2. The molecule has 0 unspecified atom stereocenters. The lowest BCUT2D eigenvalue weighted by Gasteiger charge is -2.29. The molecule has 0 N–H and O–H groups in total. The third-order valence-electron chi connectivity index (χ3n) is 4.86. The van der Waals surface area contributed by atoms with Gasteiger partial charge in [-0.2, -0.15) is 0 Å². The first kappa shape index (κ1) is 13.8. The molecule has 2 aromatic carbocycles. The summed E-state index contributed by atoms with van der Waals surface area (Å²) in [4.78, 5) is 14.8. The van der Waals surface area contributed by atoms with Crippen LogP contribution in [0.5, 0.6) is 5.75 Å². The quantitative estimate of drug-likeness (QED) is 0.674. The number of hydrogen-bond acceptors (Lipinski definition) is 4. The predicted octanol–water partition coefficient (Wildman–Crippen LogP) is 3.77. The Balaban J connectivity index is 1.66. The van der Waals surface area contributed by atoms with Gasteiger partial charge in [-0.3, -0.25) is 4.90 Å². The van der Waals surface area contributed by atoms with Crippen molar-refractivity contribution in [3.63, 3.8) is 0 Å². The lowest BCUT2D eigenvalue weighted by molar-refractivity contribution is 0.0885. The van der Waals surface area contributed by atoms with E-state index in [9.17, 15) is 4.79 Å². The second kappa shape index (κ2) is 5.21.